The van der Waals surface area contributed by atoms with Crippen LogP contribution in [0.2, 0.25) is 5.02 Å². The predicted molar refractivity (Wildman–Crippen MR) is 70.6 cm³/mol. The van der Waals surface area contributed by atoms with Gasteiger partial charge in [-0.1, -0.05) is 17.7 Å². The molecular formula is C14H13ClFNO2. The smallest absolute Gasteiger partial charge is 0.141 e. The zero-order valence-electron chi connectivity index (χ0n) is 10.3. The van der Waals surface area contributed by atoms with E-state index in [9.17, 15) is 9.50 Å². The van der Waals surface area contributed by atoms with Crippen LogP contribution < -0.4 is 4.74 Å². The van der Waals surface area contributed by atoms with Crippen LogP contribution in [0.5, 0.6) is 5.75 Å². The zero-order valence-corrected chi connectivity index (χ0v) is 11.1. The molecule has 0 spiro atoms. The highest BCUT2D eigenvalue weighted by atomic mass is 35.5. The number of benzene rings is 1. The number of nitrogens with zero attached hydrogens (tertiary/aromatic N) is 1. The predicted octanol–water partition coefficient (Wildman–Crippen LogP) is 3.51. The summed E-state index contributed by atoms with van der Waals surface area (Å²) in [7, 11) is 0. The van der Waals surface area contributed by atoms with Gasteiger partial charge in [0.15, 0.2) is 0 Å². The summed E-state index contributed by atoms with van der Waals surface area (Å²) in [6, 6.07) is 6.41. The number of rotatable bonds is 4. The Morgan fingerprint density at radius 1 is 1.37 bits per heavy atom. The van der Waals surface area contributed by atoms with Gasteiger partial charge in [-0.25, -0.2) is 4.39 Å². The lowest BCUT2D eigenvalue weighted by atomic mass is 10.1. The normalized spacial score (nSPS) is 12.2. The monoisotopic (exact) mass is 281 g/mol. The summed E-state index contributed by atoms with van der Waals surface area (Å²) in [6.07, 6.45) is 2.08. The molecule has 2 aromatic rings. The minimum absolute atomic E-state index is 0.179. The molecule has 1 N–H and O–H groups in total. The van der Waals surface area contributed by atoms with Crippen LogP contribution in [0.15, 0.2) is 36.7 Å². The Hall–Kier alpha value is -1.65. The molecule has 1 heterocycles. The molecule has 0 aliphatic heterocycles. The lowest BCUT2D eigenvalue weighted by Gasteiger charge is -2.10. The third-order valence-electron chi connectivity index (χ3n) is 2.59. The Morgan fingerprint density at radius 2 is 2.16 bits per heavy atom. The topological polar surface area (TPSA) is 42.4 Å². The molecule has 100 valence electrons. The van der Waals surface area contributed by atoms with Gasteiger partial charge in [-0.15, -0.1) is 0 Å². The quantitative estimate of drug-likeness (QED) is 0.932. The van der Waals surface area contributed by atoms with Gasteiger partial charge in [0.2, 0.25) is 0 Å². The number of ether oxygens (including phenoxy) is 1. The molecule has 0 fully saturated rings. The van der Waals surface area contributed by atoms with Crippen molar-refractivity contribution in [3.63, 3.8) is 0 Å². The van der Waals surface area contributed by atoms with E-state index in [2.05, 4.69) is 4.98 Å². The highest BCUT2D eigenvalue weighted by Crippen LogP contribution is 2.28. The van der Waals surface area contributed by atoms with Gasteiger partial charge in [-0.3, -0.25) is 4.98 Å². The van der Waals surface area contributed by atoms with E-state index in [1.165, 1.54) is 12.3 Å². The van der Waals surface area contributed by atoms with Crippen molar-refractivity contribution >= 4 is 11.6 Å². The molecular weight excluding hydrogens is 269 g/mol. The molecule has 0 aliphatic carbocycles. The number of pyridine rings is 1. The average molecular weight is 282 g/mol. The highest BCUT2D eigenvalue weighted by molar-refractivity contribution is 6.32. The van der Waals surface area contributed by atoms with Crippen LogP contribution in [0.1, 0.15) is 24.2 Å². The highest BCUT2D eigenvalue weighted by Gasteiger charge is 2.07. The number of halogens is 2. The Bertz CT molecular complexity index is 575. The average Bonchev–Trinajstić information content (AvgIpc) is 2.37. The van der Waals surface area contributed by atoms with E-state index < -0.39 is 11.9 Å². The number of aromatic nitrogens is 1. The van der Waals surface area contributed by atoms with Crippen LogP contribution in [0, 0.1) is 5.82 Å². The van der Waals surface area contributed by atoms with Gasteiger partial charge >= 0.3 is 0 Å². The number of hydrogen-bond acceptors (Lipinski definition) is 3. The van der Waals surface area contributed by atoms with Crippen molar-refractivity contribution in [1.29, 1.82) is 0 Å². The van der Waals surface area contributed by atoms with Crippen LogP contribution in [0.4, 0.5) is 4.39 Å². The second-order valence-corrected chi connectivity index (χ2v) is 4.57. The summed E-state index contributed by atoms with van der Waals surface area (Å²) in [6.45, 7) is 1.84. The molecule has 19 heavy (non-hydrogen) atoms. The van der Waals surface area contributed by atoms with Gasteiger partial charge in [0.1, 0.15) is 18.2 Å². The summed E-state index contributed by atoms with van der Waals surface area (Å²) in [5.41, 5.74) is 1.33. The third kappa shape index (κ3) is 3.66. The fourth-order valence-corrected chi connectivity index (χ4v) is 1.83. The van der Waals surface area contributed by atoms with Crippen molar-refractivity contribution in [3.8, 4) is 5.75 Å². The van der Waals surface area contributed by atoms with Crippen LogP contribution in [0.25, 0.3) is 0 Å². The number of hydrogen-bond donors (Lipinski definition) is 1. The van der Waals surface area contributed by atoms with E-state index in [1.807, 2.05) is 0 Å². The SMILES string of the molecule is CC(O)c1ccc(OCc2cncc(F)c2)c(Cl)c1. The maximum absolute atomic E-state index is 12.9. The molecule has 3 nitrogen and oxygen atoms in total. The lowest BCUT2D eigenvalue weighted by Crippen LogP contribution is -1.98. The Kier molecular flexibility index (Phi) is 4.35. The summed E-state index contributed by atoms with van der Waals surface area (Å²) < 4.78 is 18.4. The van der Waals surface area contributed by atoms with Gasteiger partial charge in [0, 0.05) is 11.8 Å². The summed E-state index contributed by atoms with van der Waals surface area (Å²) in [5, 5.41) is 9.83. The first-order chi connectivity index (χ1) is 9.06. The van der Waals surface area contributed by atoms with Crippen LogP contribution in [-0.2, 0) is 6.61 Å². The molecule has 0 saturated heterocycles. The maximum atomic E-state index is 12.9. The van der Waals surface area contributed by atoms with Gasteiger partial charge in [0.25, 0.3) is 0 Å². The first kappa shape index (κ1) is 13.8. The summed E-state index contributed by atoms with van der Waals surface area (Å²) >= 11 is 6.05. The van der Waals surface area contributed by atoms with Crippen molar-refractivity contribution in [2.45, 2.75) is 19.6 Å². The minimum atomic E-state index is -0.584. The molecule has 0 saturated carbocycles. The molecule has 0 amide bonds. The van der Waals surface area contributed by atoms with E-state index in [1.54, 1.807) is 25.1 Å². The van der Waals surface area contributed by atoms with Crippen LogP contribution >= 0.6 is 11.6 Å². The van der Waals surface area contributed by atoms with E-state index in [4.69, 9.17) is 16.3 Å². The number of aliphatic hydroxyl groups excluding tert-OH is 1. The molecule has 1 unspecified atom stereocenters. The summed E-state index contributed by atoms with van der Waals surface area (Å²) in [4.78, 5) is 3.74. The summed E-state index contributed by atoms with van der Waals surface area (Å²) in [5.74, 6) is 0.0759. The molecule has 1 aromatic carbocycles. The van der Waals surface area contributed by atoms with Gasteiger partial charge in [-0.05, 0) is 30.7 Å². The molecule has 1 aromatic heterocycles. The Balaban J connectivity index is 2.07. The lowest BCUT2D eigenvalue weighted by molar-refractivity contribution is 0.199. The maximum Gasteiger partial charge on any atom is 0.141 e. The molecule has 2 rings (SSSR count). The molecule has 5 heteroatoms. The Morgan fingerprint density at radius 3 is 2.79 bits per heavy atom. The molecule has 0 aliphatic rings. The number of aliphatic hydroxyl groups is 1. The standard InChI is InChI=1S/C14H13ClFNO2/c1-9(18)11-2-3-14(13(15)5-11)19-8-10-4-12(16)7-17-6-10/h2-7,9,18H,8H2,1H3. The van der Waals surface area contributed by atoms with Crippen LogP contribution in [-0.4, -0.2) is 10.1 Å². The molecule has 1 atom stereocenters. The van der Waals surface area contributed by atoms with Gasteiger partial charge in [0.05, 0.1) is 17.3 Å². The second-order valence-electron chi connectivity index (χ2n) is 4.17. The van der Waals surface area contributed by atoms with Crippen molar-refractivity contribution in [2.75, 3.05) is 0 Å². The van der Waals surface area contributed by atoms with Crippen molar-refractivity contribution in [3.05, 3.63) is 58.6 Å². The van der Waals surface area contributed by atoms with Crippen molar-refractivity contribution in [1.82, 2.24) is 4.98 Å². The van der Waals surface area contributed by atoms with E-state index in [0.717, 1.165) is 6.20 Å². The van der Waals surface area contributed by atoms with E-state index >= 15 is 0 Å². The largest absolute Gasteiger partial charge is 0.487 e. The third-order valence-corrected chi connectivity index (χ3v) is 2.89. The second kappa shape index (κ2) is 5.99. The van der Waals surface area contributed by atoms with Gasteiger partial charge < -0.3 is 9.84 Å². The first-order valence-electron chi connectivity index (χ1n) is 5.76. The zero-order chi connectivity index (χ0) is 13.8. The van der Waals surface area contributed by atoms with Gasteiger partial charge in [-0.2, -0.15) is 0 Å². The van der Waals surface area contributed by atoms with Crippen molar-refractivity contribution in [2.24, 2.45) is 0 Å². The van der Waals surface area contributed by atoms with E-state index in [-0.39, 0.29) is 6.61 Å². The van der Waals surface area contributed by atoms with Crippen LogP contribution in [0.3, 0.4) is 0 Å². The first-order valence-corrected chi connectivity index (χ1v) is 6.14. The fraction of sp³-hybridized carbons (Fsp3) is 0.214. The van der Waals surface area contributed by atoms with E-state index in [0.29, 0.717) is 21.9 Å². The van der Waals surface area contributed by atoms with Crippen molar-refractivity contribution < 1.29 is 14.2 Å². The fourth-order valence-electron chi connectivity index (χ4n) is 1.59. The minimum Gasteiger partial charge on any atom is -0.487 e. The molecule has 0 bridgehead atoms. The Labute approximate surface area is 115 Å². The molecule has 0 radical (unpaired) electrons.